The number of hydrogen-bond acceptors (Lipinski definition) is 5. The first-order chi connectivity index (χ1) is 12.2. The molecule has 1 heterocycles. The molecule has 1 aromatic rings. The van der Waals surface area contributed by atoms with Gasteiger partial charge in [0.1, 0.15) is 0 Å². The fourth-order valence-corrected chi connectivity index (χ4v) is 7.11. The molecule has 1 saturated carbocycles. The van der Waals surface area contributed by atoms with Crippen LogP contribution in [0.25, 0.3) is 0 Å². The summed E-state index contributed by atoms with van der Waals surface area (Å²) in [5.41, 5.74) is 0. The van der Waals surface area contributed by atoms with Gasteiger partial charge in [-0.15, -0.1) is 0 Å². The first kappa shape index (κ1) is 20.2. The number of sulfonamides is 1. The lowest BCUT2D eigenvalue weighted by atomic mass is 9.78. The summed E-state index contributed by atoms with van der Waals surface area (Å²) in [4.78, 5) is 12.5. The van der Waals surface area contributed by atoms with Crippen LogP contribution in [0.15, 0.2) is 34.1 Å². The van der Waals surface area contributed by atoms with Crippen molar-refractivity contribution in [2.45, 2.75) is 41.5 Å². The summed E-state index contributed by atoms with van der Waals surface area (Å²) in [7, 11) is -7.45. The van der Waals surface area contributed by atoms with Crippen molar-refractivity contribution in [3.63, 3.8) is 0 Å². The molecule has 1 aliphatic carbocycles. The number of nitrogens with zero attached hydrogens (tertiary/aromatic N) is 1. The Hall–Kier alpha value is -0.520. The van der Waals surface area contributed by atoms with Crippen LogP contribution in [0.2, 0.25) is 0 Å². The van der Waals surface area contributed by atoms with E-state index < -0.39 is 25.9 Å². The molecule has 9 heteroatoms. The third-order valence-electron chi connectivity index (χ3n) is 5.40. The first-order valence-electron chi connectivity index (χ1n) is 8.57. The summed E-state index contributed by atoms with van der Waals surface area (Å²) in [6.07, 6.45) is 4.93. The molecule has 0 amide bonds. The van der Waals surface area contributed by atoms with E-state index in [0.717, 1.165) is 31.9 Å². The van der Waals surface area contributed by atoms with Gasteiger partial charge in [-0.05, 0) is 42.9 Å². The van der Waals surface area contributed by atoms with Crippen LogP contribution >= 0.6 is 22.6 Å². The maximum atomic E-state index is 13.3. The number of benzene rings is 1. The third kappa shape index (κ3) is 3.72. The van der Waals surface area contributed by atoms with E-state index in [9.17, 15) is 21.6 Å². The molecular weight excluding hydrogens is 489 g/mol. The van der Waals surface area contributed by atoms with Crippen LogP contribution in [0.3, 0.4) is 0 Å². The maximum Gasteiger partial charge on any atom is 0.243 e. The second kappa shape index (κ2) is 7.48. The number of hydrogen-bond donors (Lipinski definition) is 0. The summed E-state index contributed by atoms with van der Waals surface area (Å²) in [6.45, 7) is 0.336. The zero-order valence-electron chi connectivity index (χ0n) is 14.5. The molecule has 1 aliphatic heterocycles. The molecule has 2 aliphatic rings. The fourth-order valence-electron chi connectivity index (χ4n) is 4.16. The molecule has 0 spiro atoms. The quantitative estimate of drug-likeness (QED) is 0.447. The zero-order chi connectivity index (χ0) is 19.1. The van der Waals surface area contributed by atoms with Crippen molar-refractivity contribution in [2.75, 3.05) is 17.2 Å². The van der Waals surface area contributed by atoms with Gasteiger partial charge >= 0.3 is 0 Å². The SMILES string of the molecule is CS(=O)(=O)c1cccc(S(=O)(=O)N2C[C@H]3CCCC[C@H]3[C@H]2C(=O)CI)c1. The second-order valence-corrected chi connectivity index (χ2v) is 11.7. The molecule has 0 unspecified atom stereocenters. The van der Waals surface area contributed by atoms with Gasteiger partial charge in [0.2, 0.25) is 10.0 Å². The third-order valence-corrected chi connectivity index (χ3v) is 9.11. The van der Waals surface area contributed by atoms with Crippen molar-refractivity contribution in [3.05, 3.63) is 24.3 Å². The number of rotatable bonds is 5. The monoisotopic (exact) mass is 511 g/mol. The van der Waals surface area contributed by atoms with Crippen LogP contribution < -0.4 is 0 Å². The van der Waals surface area contributed by atoms with Crippen molar-refractivity contribution >= 4 is 48.2 Å². The van der Waals surface area contributed by atoms with Gasteiger partial charge in [-0.2, -0.15) is 4.31 Å². The van der Waals surface area contributed by atoms with Gasteiger partial charge in [0.15, 0.2) is 15.6 Å². The maximum absolute atomic E-state index is 13.3. The van der Waals surface area contributed by atoms with Gasteiger partial charge < -0.3 is 0 Å². The summed E-state index contributed by atoms with van der Waals surface area (Å²) in [5.74, 6) is 0.204. The Kier molecular flexibility index (Phi) is 5.82. The van der Waals surface area contributed by atoms with Gasteiger partial charge in [-0.3, -0.25) is 4.79 Å². The largest absolute Gasteiger partial charge is 0.297 e. The van der Waals surface area contributed by atoms with Crippen LogP contribution in [0, 0.1) is 11.8 Å². The average molecular weight is 511 g/mol. The molecule has 2 fully saturated rings. The van der Waals surface area contributed by atoms with E-state index in [4.69, 9.17) is 0 Å². The molecule has 1 saturated heterocycles. The predicted molar refractivity (Wildman–Crippen MR) is 107 cm³/mol. The van der Waals surface area contributed by atoms with Crippen LogP contribution in [0.5, 0.6) is 0 Å². The Morgan fingerprint density at radius 1 is 1.15 bits per heavy atom. The smallest absolute Gasteiger partial charge is 0.243 e. The topological polar surface area (TPSA) is 88.6 Å². The van der Waals surface area contributed by atoms with Gasteiger partial charge in [-0.25, -0.2) is 16.8 Å². The zero-order valence-corrected chi connectivity index (χ0v) is 18.3. The highest BCUT2D eigenvalue weighted by Crippen LogP contribution is 2.43. The summed E-state index contributed by atoms with van der Waals surface area (Å²) in [5, 5.41) is 0. The van der Waals surface area contributed by atoms with Crippen molar-refractivity contribution < 1.29 is 21.6 Å². The Morgan fingerprint density at radius 3 is 2.46 bits per heavy atom. The minimum Gasteiger partial charge on any atom is -0.297 e. The van der Waals surface area contributed by atoms with E-state index in [1.54, 1.807) is 0 Å². The first-order valence-corrected chi connectivity index (χ1v) is 13.4. The van der Waals surface area contributed by atoms with E-state index in [2.05, 4.69) is 0 Å². The minimum atomic E-state index is -3.94. The molecule has 3 atom stereocenters. The number of carbonyl (C=O) groups is 1. The highest BCUT2D eigenvalue weighted by molar-refractivity contribution is 14.1. The van der Waals surface area contributed by atoms with Gasteiger partial charge in [0.05, 0.1) is 20.3 Å². The van der Waals surface area contributed by atoms with Gasteiger partial charge in [0.25, 0.3) is 0 Å². The molecule has 0 N–H and O–H groups in total. The van der Waals surface area contributed by atoms with Crippen molar-refractivity contribution in [3.8, 4) is 0 Å². The number of fused-ring (bicyclic) bond motifs is 1. The number of ketones is 1. The molecule has 3 rings (SSSR count). The van der Waals surface area contributed by atoms with Crippen LogP contribution in [-0.4, -0.2) is 50.2 Å². The summed E-state index contributed by atoms with van der Waals surface area (Å²) in [6, 6.07) is 4.77. The number of halogens is 1. The number of alkyl halides is 1. The van der Waals surface area contributed by atoms with Crippen LogP contribution in [0.1, 0.15) is 25.7 Å². The standard InChI is InChI=1S/C17H22INO5S2/c1-25(21,22)13-6-4-7-14(9-13)26(23,24)19-11-12-5-2-3-8-15(12)17(19)16(20)10-18/h4,6-7,9,12,15,17H,2-3,5,8,10-11H2,1H3/t12-,15-,17+/m1/s1. The van der Waals surface area contributed by atoms with E-state index in [-0.39, 0.29) is 31.8 Å². The molecule has 6 nitrogen and oxygen atoms in total. The lowest BCUT2D eigenvalue weighted by Gasteiger charge is -2.29. The minimum absolute atomic E-state index is 0.0352. The number of carbonyl (C=O) groups excluding carboxylic acids is 1. The summed E-state index contributed by atoms with van der Waals surface area (Å²) < 4.78 is 51.7. The van der Waals surface area contributed by atoms with Gasteiger partial charge in [-0.1, -0.05) is 41.5 Å². The van der Waals surface area contributed by atoms with E-state index in [1.165, 1.54) is 28.6 Å². The lowest BCUT2D eigenvalue weighted by molar-refractivity contribution is -0.120. The molecule has 0 aromatic heterocycles. The highest BCUT2D eigenvalue weighted by Gasteiger charge is 2.50. The lowest BCUT2D eigenvalue weighted by Crippen LogP contribution is -2.44. The molecule has 26 heavy (non-hydrogen) atoms. The van der Waals surface area contributed by atoms with Crippen LogP contribution in [-0.2, 0) is 24.7 Å². The van der Waals surface area contributed by atoms with E-state index in [1.807, 2.05) is 22.6 Å². The van der Waals surface area contributed by atoms with Crippen LogP contribution in [0.4, 0.5) is 0 Å². The Morgan fingerprint density at radius 2 is 1.81 bits per heavy atom. The highest BCUT2D eigenvalue weighted by atomic mass is 127. The Bertz CT molecular complexity index is 913. The average Bonchev–Trinajstić information content (AvgIpc) is 3.01. The molecule has 0 bridgehead atoms. The Labute approximate surface area is 168 Å². The summed E-state index contributed by atoms with van der Waals surface area (Å²) >= 11 is 1.98. The van der Waals surface area contributed by atoms with E-state index >= 15 is 0 Å². The molecule has 0 radical (unpaired) electrons. The normalized spacial score (nSPS) is 27.2. The van der Waals surface area contributed by atoms with E-state index in [0.29, 0.717) is 6.54 Å². The Balaban J connectivity index is 2.04. The van der Waals surface area contributed by atoms with Crippen molar-refractivity contribution in [1.29, 1.82) is 0 Å². The van der Waals surface area contributed by atoms with Gasteiger partial charge in [0, 0.05) is 12.8 Å². The molecular formula is C17H22INO5S2. The fraction of sp³-hybridized carbons (Fsp3) is 0.588. The van der Waals surface area contributed by atoms with Crippen molar-refractivity contribution in [2.24, 2.45) is 11.8 Å². The van der Waals surface area contributed by atoms with Crippen molar-refractivity contribution in [1.82, 2.24) is 4.31 Å². The molecule has 1 aromatic carbocycles. The number of Topliss-reactive ketones (excluding diaryl/α,β-unsaturated/α-hetero) is 1. The predicted octanol–water partition coefficient (Wildman–Crippen LogP) is 2.27. The number of sulfone groups is 1. The molecule has 144 valence electrons. The second-order valence-electron chi connectivity index (χ2n) is 7.07.